The van der Waals surface area contributed by atoms with Crippen molar-refractivity contribution in [1.29, 1.82) is 0 Å². The largest absolute Gasteiger partial charge is 0.373 e. The van der Waals surface area contributed by atoms with Crippen molar-refractivity contribution in [3.05, 3.63) is 24.0 Å². The molecule has 1 atom stereocenters. The Balaban J connectivity index is 1.76. The predicted octanol–water partition coefficient (Wildman–Crippen LogP) is 0.335. The number of imidazole rings is 1. The maximum absolute atomic E-state index is 13.9. The maximum atomic E-state index is 13.9. The molecule has 7 nitrogen and oxygen atoms in total. The molecule has 130 valence electrons. The molecule has 8 heteroatoms. The van der Waals surface area contributed by atoms with E-state index in [1.165, 1.54) is 6.07 Å². The van der Waals surface area contributed by atoms with Crippen LogP contribution in [0.5, 0.6) is 0 Å². The van der Waals surface area contributed by atoms with Gasteiger partial charge in [-0.15, -0.1) is 0 Å². The lowest BCUT2D eigenvalue weighted by Crippen LogP contribution is -2.48. The van der Waals surface area contributed by atoms with Gasteiger partial charge in [-0.25, -0.2) is 9.37 Å². The van der Waals surface area contributed by atoms with Crippen LogP contribution in [0.4, 0.5) is 10.3 Å². The van der Waals surface area contributed by atoms with Crippen molar-refractivity contribution in [2.45, 2.75) is 6.10 Å². The SMILES string of the molecule is CN(CC(N)=O)CC1CN(c2nc3c(F)cccc3n2C)CCO1. The lowest BCUT2D eigenvalue weighted by molar-refractivity contribution is -0.119. The molecule has 3 rings (SSSR count). The highest BCUT2D eigenvalue weighted by Crippen LogP contribution is 2.24. The Morgan fingerprint density at radius 1 is 1.54 bits per heavy atom. The van der Waals surface area contributed by atoms with Gasteiger partial charge >= 0.3 is 0 Å². The molecule has 0 radical (unpaired) electrons. The molecule has 1 aliphatic rings. The topological polar surface area (TPSA) is 76.6 Å². The zero-order valence-corrected chi connectivity index (χ0v) is 13.9. The monoisotopic (exact) mass is 335 g/mol. The number of ether oxygens (including phenoxy) is 1. The van der Waals surface area contributed by atoms with Crippen molar-refractivity contribution in [2.24, 2.45) is 12.8 Å². The summed E-state index contributed by atoms with van der Waals surface area (Å²) >= 11 is 0. The fourth-order valence-corrected chi connectivity index (χ4v) is 3.14. The van der Waals surface area contributed by atoms with Crippen LogP contribution in [0.2, 0.25) is 0 Å². The molecule has 1 aromatic heterocycles. The van der Waals surface area contributed by atoms with Gasteiger partial charge in [0.2, 0.25) is 11.9 Å². The van der Waals surface area contributed by atoms with Crippen LogP contribution >= 0.6 is 0 Å². The van der Waals surface area contributed by atoms with Crippen molar-refractivity contribution in [2.75, 3.05) is 44.7 Å². The molecule has 2 aromatic rings. The number of hydrogen-bond donors (Lipinski definition) is 1. The first-order valence-corrected chi connectivity index (χ1v) is 7.90. The van der Waals surface area contributed by atoms with E-state index in [-0.39, 0.29) is 24.4 Å². The second-order valence-electron chi connectivity index (χ2n) is 6.18. The van der Waals surface area contributed by atoms with E-state index in [4.69, 9.17) is 10.5 Å². The van der Waals surface area contributed by atoms with Crippen LogP contribution in [0, 0.1) is 5.82 Å². The van der Waals surface area contributed by atoms with Crippen molar-refractivity contribution in [3.8, 4) is 0 Å². The van der Waals surface area contributed by atoms with E-state index in [2.05, 4.69) is 9.88 Å². The van der Waals surface area contributed by atoms with E-state index >= 15 is 0 Å². The first-order chi connectivity index (χ1) is 11.5. The predicted molar refractivity (Wildman–Crippen MR) is 89.3 cm³/mol. The third kappa shape index (κ3) is 3.34. The summed E-state index contributed by atoms with van der Waals surface area (Å²) in [6.07, 6.45) is -0.0623. The summed E-state index contributed by atoms with van der Waals surface area (Å²) in [6.45, 7) is 2.66. The Labute approximate surface area is 139 Å². The van der Waals surface area contributed by atoms with Crippen molar-refractivity contribution in [3.63, 3.8) is 0 Å². The van der Waals surface area contributed by atoms with E-state index < -0.39 is 0 Å². The molecule has 0 saturated carbocycles. The van der Waals surface area contributed by atoms with Gasteiger partial charge in [0.25, 0.3) is 0 Å². The zero-order valence-electron chi connectivity index (χ0n) is 13.9. The van der Waals surface area contributed by atoms with Crippen LogP contribution < -0.4 is 10.6 Å². The summed E-state index contributed by atoms with van der Waals surface area (Å²) in [4.78, 5) is 19.4. The molecule has 2 heterocycles. The fourth-order valence-electron chi connectivity index (χ4n) is 3.14. The molecule has 0 bridgehead atoms. The van der Waals surface area contributed by atoms with Crippen LogP contribution in [-0.2, 0) is 16.6 Å². The van der Waals surface area contributed by atoms with Crippen LogP contribution in [0.1, 0.15) is 0 Å². The van der Waals surface area contributed by atoms with Gasteiger partial charge in [-0.3, -0.25) is 9.69 Å². The molecule has 1 aliphatic heterocycles. The first-order valence-electron chi connectivity index (χ1n) is 7.90. The lowest BCUT2D eigenvalue weighted by atomic mass is 10.2. The molecule has 24 heavy (non-hydrogen) atoms. The Bertz CT molecular complexity index is 747. The molecule has 0 aliphatic carbocycles. The average Bonchev–Trinajstić information content (AvgIpc) is 2.85. The van der Waals surface area contributed by atoms with E-state index in [9.17, 15) is 9.18 Å². The third-order valence-electron chi connectivity index (χ3n) is 4.20. The summed E-state index contributed by atoms with van der Waals surface area (Å²) in [6, 6.07) is 4.96. The molecule has 1 aromatic carbocycles. The van der Waals surface area contributed by atoms with Crippen LogP contribution in [0.25, 0.3) is 11.0 Å². The van der Waals surface area contributed by atoms with Crippen molar-refractivity contribution < 1.29 is 13.9 Å². The molecule has 1 unspecified atom stereocenters. The van der Waals surface area contributed by atoms with Gasteiger partial charge in [0.1, 0.15) is 5.52 Å². The number of amides is 1. The van der Waals surface area contributed by atoms with E-state index in [1.807, 2.05) is 29.6 Å². The average molecular weight is 335 g/mol. The second kappa shape index (κ2) is 6.74. The number of aryl methyl sites for hydroxylation is 1. The smallest absolute Gasteiger partial charge is 0.231 e. The first kappa shape index (κ1) is 16.7. The summed E-state index contributed by atoms with van der Waals surface area (Å²) in [7, 11) is 3.71. The van der Waals surface area contributed by atoms with Gasteiger partial charge in [0.15, 0.2) is 5.82 Å². The number of likely N-dealkylation sites (N-methyl/N-ethyl adjacent to an activating group) is 1. The van der Waals surface area contributed by atoms with E-state index in [0.717, 1.165) is 11.5 Å². The van der Waals surface area contributed by atoms with E-state index in [1.54, 1.807) is 6.07 Å². The number of carbonyl (C=O) groups excluding carboxylic acids is 1. The van der Waals surface area contributed by atoms with Crippen LogP contribution in [0.15, 0.2) is 18.2 Å². The molecule has 1 saturated heterocycles. The minimum atomic E-state index is -0.365. The Morgan fingerprint density at radius 3 is 3.04 bits per heavy atom. The molecular weight excluding hydrogens is 313 g/mol. The number of morpholine rings is 1. The molecule has 1 fully saturated rings. The number of rotatable bonds is 5. The van der Waals surface area contributed by atoms with Gasteiger partial charge in [-0.2, -0.15) is 0 Å². The minimum absolute atomic E-state index is 0.0623. The number of halogens is 1. The highest BCUT2D eigenvalue weighted by Gasteiger charge is 2.25. The number of anilines is 1. The van der Waals surface area contributed by atoms with Gasteiger partial charge < -0.3 is 19.9 Å². The Morgan fingerprint density at radius 2 is 2.33 bits per heavy atom. The second-order valence-corrected chi connectivity index (χ2v) is 6.18. The van der Waals surface area contributed by atoms with Gasteiger partial charge in [-0.1, -0.05) is 6.07 Å². The van der Waals surface area contributed by atoms with Gasteiger partial charge in [0.05, 0.1) is 24.8 Å². The fraction of sp³-hybridized carbons (Fsp3) is 0.500. The number of hydrogen-bond acceptors (Lipinski definition) is 5. The summed E-state index contributed by atoms with van der Waals surface area (Å²) in [5, 5.41) is 0. The van der Waals surface area contributed by atoms with Crippen molar-refractivity contribution in [1.82, 2.24) is 14.5 Å². The van der Waals surface area contributed by atoms with Gasteiger partial charge in [0, 0.05) is 26.7 Å². The third-order valence-corrected chi connectivity index (χ3v) is 4.20. The number of primary amides is 1. The van der Waals surface area contributed by atoms with Crippen LogP contribution in [0.3, 0.4) is 0 Å². The van der Waals surface area contributed by atoms with Gasteiger partial charge in [-0.05, 0) is 19.2 Å². The number of carbonyl (C=O) groups is 1. The number of para-hydroxylation sites is 1. The molecule has 1 amide bonds. The molecule has 2 N–H and O–H groups in total. The highest BCUT2D eigenvalue weighted by atomic mass is 19.1. The summed E-state index contributed by atoms with van der Waals surface area (Å²) in [5.41, 5.74) is 6.35. The maximum Gasteiger partial charge on any atom is 0.231 e. The standard InChI is InChI=1S/C16H22FN5O2/c1-20(10-14(18)23)8-11-9-22(6-7-24-11)16-19-15-12(17)4-3-5-13(15)21(16)2/h3-5,11H,6-10H2,1-2H3,(H2,18,23). The van der Waals surface area contributed by atoms with Crippen LogP contribution in [-0.4, -0.2) is 66.3 Å². The number of fused-ring (bicyclic) bond motifs is 1. The number of nitrogens with zero attached hydrogens (tertiary/aromatic N) is 4. The lowest BCUT2D eigenvalue weighted by Gasteiger charge is -2.35. The number of aromatic nitrogens is 2. The normalized spacial score (nSPS) is 18.5. The number of nitrogens with two attached hydrogens (primary N) is 1. The molecule has 0 spiro atoms. The Kier molecular flexibility index (Phi) is 4.68. The van der Waals surface area contributed by atoms with E-state index in [0.29, 0.717) is 31.8 Å². The summed E-state index contributed by atoms with van der Waals surface area (Å²) in [5.74, 6) is 0.0392. The Hall–Kier alpha value is -2.19. The molecular formula is C16H22FN5O2. The summed E-state index contributed by atoms with van der Waals surface area (Å²) < 4.78 is 21.6. The minimum Gasteiger partial charge on any atom is -0.373 e. The highest BCUT2D eigenvalue weighted by molar-refractivity contribution is 5.79. The number of benzene rings is 1. The van der Waals surface area contributed by atoms with Crippen molar-refractivity contribution >= 4 is 22.9 Å². The quantitative estimate of drug-likeness (QED) is 0.852. The zero-order chi connectivity index (χ0) is 17.3.